The summed E-state index contributed by atoms with van der Waals surface area (Å²) < 4.78 is 45.1. The summed E-state index contributed by atoms with van der Waals surface area (Å²) in [6.45, 7) is 2.22. The lowest BCUT2D eigenvalue weighted by Crippen LogP contribution is -2.38. The Kier molecular flexibility index (Phi) is 5.48. The van der Waals surface area contributed by atoms with Crippen molar-refractivity contribution in [1.29, 1.82) is 0 Å². The predicted molar refractivity (Wildman–Crippen MR) is 97.5 cm³/mol. The van der Waals surface area contributed by atoms with Crippen molar-refractivity contribution < 1.29 is 27.5 Å². The number of hydrogen-bond acceptors (Lipinski definition) is 7. The van der Waals surface area contributed by atoms with Crippen LogP contribution in [0.15, 0.2) is 12.1 Å². The van der Waals surface area contributed by atoms with Crippen molar-refractivity contribution in [1.82, 2.24) is 24.7 Å². The Morgan fingerprint density at radius 3 is 2.60 bits per heavy atom. The Morgan fingerprint density at radius 1 is 1.17 bits per heavy atom. The van der Waals surface area contributed by atoms with Crippen LogP contribution in [0.4, 0.5) is 19.0 Å². The van der Waals surface area contributed by atoms with E-state index < -0.39 is 12.0 Å². The first-order valence-electron chi connectivity index (χ1n) is 9.82. The van der Waals surface area contributed by atoms with Gasteiger partial charge in [0.25, 0.3) is 5.82 Å². The number of likely N-dealkylation sites (tertiary alicyclic amines) is 1. The van der Waals surface area contributed by atoms with Gasteiger partial charge in [0.2, 0.25) is 5.91 Å². The molecule has 4 rings (SSSR count). The highest BCUT2D eigenvalue weighted by Gasteiger charge is 2.38. The predicted octanol–water partition coefficient (Wildman–Crippen LogP) is 1.53. The first kappa shape index (κ1) is 20.4. The summed E-state index contributed by atoms with van der Waals surface area (Å²) >= 11 is 0. The van der Waals surface area contributed by atoms with Crippen LogP contribution in [0, 0.1) is 5.92 Å². The molecule has 2 fully saturated rings. The molecular formula is C18H21F3N6O3. The van der Waals surface area contributed by atoms with Gasteiger partial charge in [-0.25, -0.2) is 0 Å². The summed E-state index contributed by atoms with van der Waals surface area (Å²) in [5, 5.41) is 10.7. The van der Waals surface area contributed by atoms with Crippen molar-refractivity contribution in [2.75, 3.05) is 37.7 Å². The quantitative estimate of drug-likeness (QED) is 0.670. The second-order valence-corrected chi connectivity index (χ2v) is 7.40. The van der Waals surface area contributed by atoms with E-state index in [1.165, 1.54) is 6.07 Å². The van der Waals surface area contributed by atoms with E-state index >= 15 is 0 Å². The molecule has 0 radical (unpaired) electrons. The van der Waals surface area contributed by atoms with Crippen LogP contribution in [0.5, 0.6) is 0 Å². The van der Waals surface area contributed by atoms with Gasteiger partial charge < -0.3 is 14.5 Å². The van der Waals surface area contributed by atoms with E-state index in [4.69, 9.17) is 4.74 Å². The topological polar surface area (TPSA) is 92.9 Å². The number of piperidine rings is 1. The summed E-state index contributed by atoms with van der Waals surface area (Å²) in [5.74, 6) is -1.30. The zero-order valence-corrected chi connectivity index (χ0v) is 16.1. The van der Waals surface area contributed by atoms with E-state index in [1.54, 1.807) is 11.0 Å². The number of alkyl halides is 3. The summed E-state index contributed by atoms with van der Waals surface area (Å²) in [4.78, 5) is 27.4. The summed E-state index contributed by atoms with van der Waals surface area (Å²) in [6, 6.07) is 3.03. The molecule has 12 heteroatoms. The van der Waals surface area contributed by atoms with Crippen LogP contribution in [-0.2, 0) is 20.5 Å². The van der Waals surface area contributed by atoms with Crippen LogP contribution >= 0.6 is 0 Å². The van der Waals surface area contributed by atoms with Gasteiger partial charge in [-0.2, -0.15) is 17.7 Å². The Bertz CT molecular complexity index is 939. The average Bonchev–Trinajstić information content (AvgIpc) is 3.33. The van der Waals surface area contributed by atoms with Gasteiger partial charge in [0.05, 0.1) is 12.5 Å². The van der Waals surface area contributed by atoms with Gasteiger partial charge in [-0.1, -0.05) is 0 Å². The molecule has 0 saturated carbocycles. The number of rotatable bonds is 5. The van der Waals surface area contributed by atoms with Crippen molar-refractivity contribution >= 4 is 23.3 Å². The molecule has 2 saturated heterocycles. The summed E-state index contributed by atoms with van der Waals surface area (Å²) in [6.07, 6.45) is -2.25. The molecule has 2 aliphatic rings. The lowest BCUT2D eigenvalue weighted by atomic mass is 9.97. The Morgan fingerprint density at radius 2 is 1.93 bits per heavy atom. The molecule has 9 nitrogen and oxygen atoms in total. The first-order valence-corrected chi connectivity index (χ1v) is 9.82. The minimum absolute atomic E-state index is 0.0148. The number of nitrogens with zero attached hydrogens (tertiary/aromatic N) is 6. The van der Waals surface area contributed by atoms with Crippen molar-refractivity contribution in [3.63, 3.8) is 0 Å². The van der Waals surface area contributed by atoms with Gasteiger partial charge >= 0.3 is 12.1 Å². The maximum atomic E-state index is 13.0. The Hall–Kier alpha value is -2.92. The fourth-order valence-corrected chi connectivity index (χ4v) is 3.78. The van der Waals surface area contributed by atoms with Gasteiger partial charge in [-0.05, 0) is 31.4 Å². The highest BCUT2D eigenvalue weighted by atomic mass is 19.4. The van der Waals surface area contributed by atoms with Gasteiger partial charge in [-0.3, -0.25) is 9.59 Å². The zero-order valence-electron chi connectivity index (χ0n) is 16.1. The molecule has 2 aromatic rings. The first-order chi connectivity index (χ1) is 14.3. The van der Waals surface area contributed by atoms with Crippen molar-refractivity contribution in [3.05, 3.63) is 18.0 Å². The van der Waals surface area contributed by atoms with E-state index in [-0.39, 0.29) is 30.0 Å². The van der Waals surface area contributed by atoms with Gasteiger partial charge in [0.15, 0.2) is 5.65 Å². The molecule has 0 N–H and O–H groups in total. The number of halogens is 3. The third-order valence-corrected chi connectivity index (χ3v) is 5.43. The molecule has 0 spiro atoms. The molecule has 0 aromatic carbocycles. The molecule has 1 amide bonds. The fourth-order valence-electron chi connectivity index (χ4n) is 3.78. The van der Waals surface area contributed by atoms with Crippen molar-refractivity contribution in [2.24, 2.45) is 5.92 Å². The fraction of sp³-hybridized carbons (Fsp3) is 0.611. The van der Waals surface area contributed by atoms with Crippen LogP contribution in [0.2, 0.25) is 0 Å². The minimum atomic E-state index is -4.65. The number of hydrogen-bond donors (Lipinski definition) is 0. The van der Waals surface area contributed by atoms with Gasteiger partial charge in [-0.15, -0.1) is 15.3 Å². The number of esters is 1. The zero-order chi connectivity index (χ0) is 21.3. The number of aromatic nitrogens is 4. The third kappa shape index (κ3) is 4.17. The van der Waals surface area contributed by atoms with E-state index in [2.05, 4.69) is 15.3 Å². The highest BCUT2D eigenvalue weighted by molar-refractivity contribution is 5.78. The van der Waals surface area contributed by atoms with E-state index in [0.717, 1.165) is 6.42 Å². The lowest BCUT2D eigenvalue weighted by molar-refractivity contribution is -0.150. The molecular weight excluding hydrogens is 405 g/mol. The van der Waals surface area contributed by atoms with E-state index in [1.807, 2.05) is 4.90 Å². The van der Waals surface area contributed by atoms with Crippen LogP contribution in [-0.4, -0.2) is 69.4 Å². The minimum Gasteiger partial charge on any atom is -0.464 e. The number of anilines is 1. The van der Waals surface area contributed by atoms with Crippen LogP contribution in [0.25, 0.3) is 5.65 Å². The molecule has 0 aliphatic carbocycles. The highest BCUT2D eigenvalue weighted by Crippen LogP contribution is 2.28. The van der Waals surface area contributed by atoms with E-state index in [0.29, 0.717) is 55.8 Å². The second kappa shape index (κ2) is 8.07. The van der Waals surface area contributed by atoms with Crippen molar-refractivity contribution in [3.8, 4) is 0 Å². The molecule has 2 aliphatic heterocycles. The van der Waals surface area contributed by atoms with Crippen molar-refractivity contribution in [2.45, 2.75) is 31.9 Å². The third-order valence-electron chi connectivity index (χ3n) is 5.43. The molecule has 0 atom stereocenters. The Labute approximate surface area is 169 Å². The Balaban J connectivity index is 1.32. The molecule has 4 heterocycles. The van der Waals surface area contributed by atoms with Crippen LogP contribution in [0.3, 0.4) is 0 Å². The summed E-state index contributed by atoms with van der Waals surface area (Å²) in [5.41, 5.74) is 0.0148. The van der Waals surface area contributed by atoms with E-state index in [9.17, 15) is 22.8 Å². The standard InChI is InChI=1S/C18H21F3N6O3/c19-18(20,21)17-23-22-13-3-4-14(24-27(13)17)25-8-5-12(6-9-25)16(29)30-11-10-26-7-1-2-15(26)28/h3-4,12H,1-2,5-11H2. The average molecular weight is 426 g/mol. The number of carbonyl (C=O) groups is 2. The van der Waals surface area contributed by atoms with Gasteiger partial charge in [0.1, 0.15) is 12.4 Å². The monoisotopic (exact) mass is 426 g/mol. The maximum absolute atomic E-state index is 13.0. The maximum Gasteiger partial charge on any atom is 0.453 e. The number of ether oxygens (including phenoxy) is 1. The molecule has 30 heavy (non-hydrogen) atoms. The largest absolute Gasteiger partial charge is 0.464 e. The second-order valence-electron chi connectivity index (χ2n) is 7.40. The number of carbonyl (C=O) groups excluding carboxylic acids is 2. The molecule has 0 bridgehead atoms. The normalized spacial score (nSPS) is 18.4. The lowest BCUT2D eigenvalue weighted by Gasteiger charge is -2.31. The van der Waals surface area contributed by atoms with Crippen LogP contribution < -0.4 is 4.90 Å². The SMILES string of the molecule is O=C(OCCN1CCCC1=O)C1CCN(c2ccc3nnc(C(F)(F)F)n3n2)CC1. The molecule has 0 unspecified atom stereocenters. The smallest absolute Gasteiger partial charge is 0.453 e. The summed E-state index contributed by atoms with van der Waals surface area (Å²) in [7, 11) is 0. The number of fused-ring (bicyclic) bond motifs is 1. The van der Waals surface area contributed by atoms with Gasteiger partial charge in [0, 0.05) is 26.1 Å². The molecule has 162 valence electrons. The number of amides is 1. The van der Waals surface area contributed by atoms with Crippen LogP contribution in [0.1, 0.15) is 31.5 Å². The molecule has 2 aromatic heterocycles.